The van der Waals surface area contributed by atoms with Crippen LogP contribution in [0.4, 0.5) is 0 Å². The third-order valence-electron chi connectivity index (χ3n) is 3.64. The van der Waals surface area contributed by atoms with Crippen LogP contribution < -0.4 is 16.5 Å². The summed E-state index contributed by atoms with van der Waals surface area (Å²) in [5.41, 5.74) is 5.64. The number of amides is 1. The molecule has 1 amide bonds. The lowest BCUT2D eigenvalue weighted by Crippen LogP contribution is -2.42. The Morgan fingerprint density at radius 3 is 2.58 bits per heavy atom. The zero-order valence-corrected chi connectivity index (χ0v) is 13.3. The van der Waals surface area contributed by atoms with Gasteiger partial charge in [0, 0.05) is 32.3 Å². The molecule has 6 nitrogen and oxygen atoms in total. The van der Waals surface area contributed by atoms with Gasteiger partial charge in [0.25, 0.3) is 5.91 Å². The van der Waals surface area contributed by atoms with Gasteiger partial charge in [0.2, 0.25) is 0 Å². The normalized spacial score (nSPS) is 12.2. The Kier molecular flexibility index (Phi) is 4.28. The molecule has 0 aliphatic heterocycles. The lowest BCUT2D eigenvalue weighted by Gasteiger charge is -2.09. The Bertz CT molecular complexity index is 1010. The van der Waals surface area contributed by atoms with Gasteiger partial charge in [-0.05, 0) is 30.3 Å². The van der Waals surface area contributed by atoms with Crippen molar-refractivity contribution in [1.82, 2.24) is 5.32 Å². The molecule has 1 heterocycles. The molecule has 0 bridgehead atoms. The number of fused-ring (bicyclic) bond motifs is 2. The molecule has 3 rings (SSSR count). The molecule has 3 aromatic rings. The summed E-state index contributed by atoms with van der Waals surface area (Å²) in [6.07, 6.45) is 0. The number of carboxylic acids is 1. The van der Waals surface area contributed by atoms with Crippen LogP contribution in [0.15, 0.2) is 47.3 Å². The first-order valence-corrected chi connectivity index (χ1v) is 8.01. The van der Waals surface area contributed by atoms with Crippen LogP contribution in [0, 0.1) is 0 Å². The van der Waals surface area contributed by atoms with E-state index < -0.39 is 17.9 Å². The summed E-state index contributed by atoms with van der Waals surface area (Å²) >= 11 is 1.43. The number of benzene rings is 2. The van der Waals surface area contributed by atoms with E-state index in [-0.39, 0.29) is 12.0 Å². The van der Waals surface area contributed by atoms with E-state index in [0.717, 1.165) is 4.70 Å². The molecule has 24 heavy (non-hydrogen) atoms. The van der Waals surface area contributed by atoms with Gasteiger partial charge in [-0.15, -0.1) is 11.3 Å². The van der Waals surface area contributed by atoms with Crippen LogP contribution >= 0.6 is 11.3 Å². The lowest BCUT2D eigenvalue weighted by atomic mass is 10.1. The summed E-state index contributed by atoms with van der Waals surface area (Å²) in [5, 5.41) is 12.4. The lowest BCUT2D eigenvalue weighted by molar-refractivity contribution is -0.138. The number of hydrogen-bond donors (Lipinski definition) is 3. The van der Waals surface area contributed by atoms with Gasteiger partial charge in [0.05, 0.1) is 0 Å². The SMILES string of the molecule is N[C@@H](CNC(=O)c1ccc2c(=O)c3ccccc3sc2c1)C(=O)O. The topological polar surface area (TPSA) is 109 Å². The molecule has 0 unspecified atom stereocenters. The summed E-state index contributed by atoms with van der Waals surface area (Å²) in [6.45, 7) is -0.167. The van der Waals surface area contributed by atoms with E-state index in [4.69, 9.17) is 10.8 Å². The molecule has 1 atom stereocenters. The summed E-state index contributed by atoms with van der Waals surface area (Å²) in [5.74, 6) is -1.61. The quantitative estimate of drug-likeness (QED) is 0.623. The molecule has 0 radical (unpaired) electrons. The molecule has 1 aromatic heterocycles. The third-order valence-corrected chi connectivity index (χ3v) is 4.77. The van der Waals surface area contributed by atoms with Crippen LogP contribution in [-0.4, -0.2) is 29.6 Å². The van der Waals surface area contributed by atoms with Crippen LogP contribution in [0.1, 0.15) is 10.4 Å². The molecule has 7 heteroatoms. The Labute approximate surface area is 140 Å². The van der Waals surface area contributed by atoms with Gasteiger partial charge in [-0.1, -0.05) is 12.1 Å². The molecule has 4 N–H and O–H groups in total. The maximum Gasteiger partial charge on any atom is 0.322 e. The molecule has 122 valence electrons. The summed E-state index contributed by atoms with van der Waals surface area (Å²) in [7, 11) is 0. The molecular weight excluding hydrogens is 328 g/mol. The maximum atomic E-state index is 12.5. The molecule has 2 aromatic carbocycles. The number of carbonyl (C=O) groups excluding carboxylic acids is 1. The van der Waals surface area contributed by atoms with Gasteiger partial charge < -0.3 is 16.2 Å². The van der Waals surface area contributed by atoms with E-state index in [2.05, 4.69) is 5.32 Å². The van der Waals surface area contributed by atoms with Crippen LogP contribution in [0.5, 0.6) is 0 Å². The predicted molar refractivity (Wildman–Crippen MR) is 93.5 cm³/mol. The van der Waals surface area contributed by atoms with Crippen molar-refractivity contribution in [3.05, 3.63) is 58.3 Å². The molecule has 0 aliphatic carbocycles. The zero-order chi connectivity index (χ0) is 17.3. The van der Waals surface area contributed by atoms with Gasteiger partial charge in [-0.25, -0.2) is 0 Å². The number of aliphatic carboxylic acids is 1. The van der Waals surface area contributed by atoms with Gasteiger partial charge >= 0.3 is 5.97 Å². The molecule has 0 aliphatic rings. The maximum absolute atomic E-state index is 12.5. The minimum atomic E-state index is -1.18. The van der Waals surface area contributed by atoms with Gasteiger partial charge in [-0.2, -0.15) is 0 Å². The fourth-order valence-electron chi connectivity index (χ4n) is 2.33. The van der Waals surface area contributed by atoms with Gasteiger partial charge in [0.1, 0.15) is 6.04 Å². The number of hydrogen-bond acceptors (Lipinski definition) is 5. The molecule has 0 saturated carbocycles. The van der Waals surface area contributed by atoms with Gasteiger partial charge in [-0.3, -0.25) is 14.4 Å². The van der Waals surface area contributed by atoms with Crippen LogP contribution in [0.2, 0.25) is 0 Å². The number of nitrogens with one attached hydrogen (secondary N) is 1. The van der Waals surface area contributed by atoms with Crippen molar-refractivity contribution in [2.45, 2.75) is 6.04 Å². The van der Waals surface area contributed by atoms with E-state index >= 15 is 0 Å². The van der Waals surface area contributed by atoms with Gasteiger partial charge in [0.15, 0.2) is 5.43 Å². The first-order valence-electron chi connectivity index (χ1n) is 7.19. The Balaban J connectivity index is 1.96. The first kappa shape index (κ1) is 16.1. The van der Waals surface area contributed by atoms with E-state index in [1.807, 2.05) is 18.2 Å². The zero-order valence-electron chi connectivity index (χ0n) is 12.5. The van der Waals surface area contributed by atoms with Crippen molar-refractivity contribution in [2.24, 2.45) is 5.73 Å². The summed E-state index contributed by atoms with van der Waals surface area (Å²) in [6, 6.07) is 11.0. The second-order valence-corrected chi connectivity index (χ2v) is 6.38. The Morgan fingerprint density at radius 1 is 1.12 bits per heavy atom. The smallest absolute Gasteiger partial charge is 0.322 e. The monoisotopic (exact) mass is 342 g/mol. The second kappa shape index (κ2) is 6.38. The van der Waals surface area contributed by atoms with Crippen molar-refractivity contribution in [2.75, 3.05) is 6.54 Å². The van der Waals surface area contributed by atoms with E-state index in [0.29, 0.717) is 21.0 Å². The minimum Gasteiger partial charge on any atom is -0.480 e. The van der Waals surface area contributed by atoms with Crippen LogP contribution in [0.25, 0.3) is 20.2 Å². The Hall–Kier alpha value is -2.77. The van der Waals surface area contributed by atoms with Crippen molar-refractivity contribution in [3.8, 4) is 0 Å². The number of carbonyl (C=O) groups is 2. The van der Waals surface area contributed by atoms with Crippen molar-refractivity contribution < 1.29 is 14.7 Å². The second-order valence-electron chi connectivity index (χ2n) is 5.29. The fraction of sp³-hybridized carbons (Fsp3) is 0.118. The minimum absolute atomic E-state index is 0.0702. The average molecular weight is 342 g/mol. The number of nitrogens with two attached hydrogens (primary N) is 1. The van der Waals surface area contributed by atoms with Crippen molar-refractivity contribution in [1.29, 1.82) is 0 Å². The fourth-order valence-corrected chi connectivity index (χ4v) is 3.45. The average Bonchev–Trinajstić information content (AvgIpc) is 2.59. The largest absolute Gasteiger partial charge is 0.480 e. The van der Waals surface area contributed by atoms with Crippen LogP contribution in [-0.2, 0) is 4.79 Å². The number of carboxylic acid groups (broad SMARTS) is 1. The van der Waals surface area contributed by atoms with Crippen LogP contribution in [0.3, 0.4) is 0 Å². The molecule has 0 saturated heterocycles. The molecular formula is C17H14N2O4S. The summed E-state index contributed by atoms with van der Waals surface area (Å²) < 4.78 is 1.55. The first-order chi connectivity index (χ1) is 11.5. The van der Waals surface area contributed by atoms with E-state index in [9.17, 15) is 14.4 Å². The van der Waals surface area contributed by atoms with E-state index in [1.54, 1.807) is 24.3 Å². The number of rotatable bonds is 4. The summed E-state index contributed by atoms with van der Waals surface area (Å²) in [4.78, 5) is 35.3. The highest BCUT2D eigenvalue weighted by atomic mass is 32.1. The predicted octanol–water partition coefficient (Wildman–Crippen LogP) is 1.56. The highest BCUT2D eigenvalue weighted by Crippen LogP contribution is 2.25. The Morgan fingerprint density at radius 2 is 1.83 bits per heavy atom. The van der Waals surface area contributed by atoms with Crippen molar-refractivity contribution in [3.63, 3.8) is 0 Å². The highest BCUT2D eigenvalue weighted by Gasteiger charge is 2.14. The van der Waals surface area contributed by atoms with Crippen molar-refractivity contribution >= 4 is 43.4 Å². The molecule has 0 spiro atoms. The van der Waals surface area contributed by atoms with E-state index in [1.165, 1.54) is 11.3 Å². The molecule has 0 fully saturated rings. The highest BCUT2D eigenvalue weighted by molar-refractivity contribution is 7.24. The third kappa shape index (κ3) is 2.99. The standard InChI is InChI=1S/C17H14N2O4S/c18-12(17(22)23)8-19-16(21)9-5-6-11-14(7-9)24-13-4-2-1-3-10(13)15(11)20/h1-7,12H,8,18H2,(H,19,21)(H,22,23)/t12-/m0/s1.